The third-order valence-electron chi connectivity index (χ3n) is 3.88. The average molecular weight is 327 g/mol. The van der Waals surface area contributed by atoms with Crippen molar-refractivity contribution >= 4 is 16.7 Å². The van der Waals surface area contributed by atoms with Crippen LogP contribution in [0.5, 0.6) is 5.75 Å². The van der Waals surface area contributed by atoms with Crippen LogP contribution >= 0.6 is 0 Å². The van der Waals surface area contributed by atoms with Gasteiger partial charge in [-0.15, -0.1) is 0 Å². The Hall–Kier alpha value is -3.85. The number of nitriles is 1. The minimum atomic E-state index is 0.175. The topological polar surface area (TPSA) is 86.8 Å². The molecule has 0 unspecified atom stereocenters. The Labute approximate surface area is 143 Å². The largest absolute Gasteiger partial charge is 0.508 e. The van der Waals surface area contributed by atoms with Gasteiger partial charge in [0, 0.05) is 5.56 Å². The molecule has 6 nitrogen and oxygen atoms in total. The molecule has 4 rings (SSSR count). The van der Waals surface area contributed by atoms with E-state index in [1.165, 1.54) is 0 Å². The summed E-state index contributed by atoms with van der Waals surface area (Å²) in [7, 11) is 0. The summed E-state index contributed by atoms with van der Waals surface area (Å²) >= 11 is 0. The van der Waals surface area contributed by atoms with Crippen LogP contribution in [0.1, 0.15) is 5.69 Å². The van der Waals surface area contributed by atoms with Gasteiger partial charge in [0.25, 0.3) is 0 Å². The fourth-order valence-corrected chi connectivity index (χ4v) is 2.66. The van der Waals surface area contributed by atoms with Crippen LogP contribution in [0.4, 0.5) is 5.69 Å². The molecule has 6 heteroatoms. The van der Waals surface area contributed by atoms with Crippen LogP contribution in [0.2, 0.25) is 0 Å². The van der Waals surface area contributed by atoms with E-state index in [0.29, 0.717) is 11.3 Å². The number of phenols is 1. The summed E-state index contributed by atoms with van der Waals surface area (Å²) in [4.78, 5) is 8.58. The fourth-order valence-electron chi connectivity index (χ4n) is 2.66. The molecule has 0 atom stereocenters. The summed E-state index contributed by atoms with van der Waals surface area (Å²) < 4.78 is 1.80. The van der Waals surface area contributed by atoms with Gasteiger partial charge in [-0.1, -0.05) is 24.3 Å². The highest BCUT2D eigenvalue weighted by Gasteiger charge is 2.09. The molecule has 0 radical (unpaired) electrons. The second-order valence-electron chi connectivity index (χ2n) is 5.49. The van der Waals surface area contributed by atoms with Crippen molar-refractivity contribution < 1.29 is 5.11 Å². The molecule has 0 aliphatic heterocycles. The van der Waals surface area contributed by atoms with Crippen LogP contribution in [-0.4, -0.2) is 19.8 Å². The van der Waals surface area contributed by atoms with E-state index in [2.05, 4.69) is 21.5 Å². The lowest BCUT2D eigenvalue weighted by Crippen LogP contribution is -2.08. The van der Waals surface area contributed by atoms with Crippen molar-refractivity contribution in [1.82, 2.24) is 14.6 Å². The molecule has 0 spiro atoms. The van der Waals surface area contributed by atoms with Crippen LogP contribution in [-0.2, 0) is 0 Å². The Morgan fingerprint density at radius 1 is 1.04 bits per heavy atom. The van der Waals surface area contributed by atoms with Gasteiger partial charge in [-0.05, 0) is 35.9 Å². The maximum absolute atomic E-state index is 9.45. The third kappa shape index (κ3) is 2.75. The molecule has 2 aromatic carbocycles. The smallest absolute Gasteiger partial charge is 0.148 e. The number of nitrogens with one attached hydrogen (secondary N) is 1. The van der Waals surface area contributed by atoms with E-state index >= 15 is 0 Å². The molecule has 2 heterocycles. The minimum absolute atomic E-state index is 0.175. The summed E-state index contributed by atoms with van der Waals surface area (Å²) in [5.74, 6) is 0.175. The highest BCUT2D eigenvalue weighted by atomic mass is 16.3. The number of aromatic nitrogens is 3. The molecule has 0 bridgehead atoms. The van der Waals surface area contributed by atoms with Crippen LogP contribution in [0.15, 0.2) is 67.1 Å². The molecule has 0 fully saturated rings. The molecule has 0 saturated carbocycles. The molecule has 2 N–H and O–H groups in total. The quantitative estimate of drug-likeness (QED) is 0.601. The monoisotopic (exact) mass is 327 g/mol. The van der Waals surface area contributed by atoms with Crippen molar-refractivity contribution in [3.8, 4) is 22.9 Å². The van der Waals surface area contributed by atoms with Crippen molar-refractivity contribution in [2.45, 2.75) is 0 Å². The Balaban J connectivity index is 1.75. The van der Waals surface area contributed by atoms with Gasteiger partial charge in [-0.2, -0.15) is 5.26 Å². The highest BCUT2D eigenvalue weighted by Crippen LogP contribution is 2.27. The molecular formula is C19H13N5O. The summed E-state index contributed by atoms with van der Waals surface area (Å²) in [5.41, 5.74) is 7.61. The summed E-state index contributed by atoms with van der Waals surface area (Å²) in [6, 6.07) is 18.4. The number of hydrogen-bond acceptors (Lipinski definition) is 5. The first kappa shape index (κ1) is 14.7. The number of rotatable bonds is 3. The molecule has 4 aromatic rings. The normalized spacial score (nSPS) is 10.5. The van der Waals surface area contributed by atoms with E-state index in [4.69, 9.17) is 0 Å². The van der Waals surface area contributed by atoms with Gasteiger partial charge in [0.2, 0.25) is 0 Å². The Morgan fingerprint density at radius 3 is 2.64 bits per heavy atom. The Kier molecular flexibility index (Phi) is 3.52. The Morgan fingerprint density at radius 2 is 1.84 bits per heavy atom. The zero-order valence-corrected chi connectivity index (χ0v) is 13.1. The third-order valence-corrected chi connectivity index (χ3v) is 3.88. The maximum Gasteiger partial charge on any atom is 0.148 e. The molecule has 0 aliphatic rings. The fraction of sp³-hybridized carbons (Fsp3) is 0. The number of aromatic hydroxyl groups is 1. The zero-order valence-electron chi connectivity index (χ0n) is 13.1. The van der Waals surface area contributed by atoms with Crippen molar-refractivity contribution in [3.63, 3.8) is 0 Å². The van der Waals surface area contributed by atoms with Gasteiger partial charge >= 0.3 is 0 Å². The number of fused-ring (bicyclic) bond motifs is 1. The number of imidazole rings is 1. The molecule has 25 heavy (non-hydrogen) atoms. The second-order valence-corrected chi connectivity index (χ2v) is 5.49. The summed E-state index contributed by atoms with van der Waals surface area (Å²) in [5, 5.41) is 18.8. The first-order valence-corrected chi connectivity index (χ1v) is 7.63. The minimum Gasteiger partial charge on any atom is -0.508 e. The maximum atomic E-state index is 9.45. The van der Waals surface area contributed by atoms with E-state index in [9.17, 15) is 10.4 Å². The molecule has 120 valence electrons. The van der Waals surface area contributed by atoms with Gasteiger partial charge in [-0.25, -0.2) is 14.6 Å². The lowest BCUT2D eigenvalue weighted by molar-refractivity contribution is 0.475. The molecule has 0 aliphatic carbocycles. The number of para-hydroxylation sites is 2. The van der Waals surface area contributed by atoms with Gasteiger partial charge < -0.3 is 5.11 Å². The van der Waals surface area contributed by atoms with Crippen LogP contribution in [0, 0.1) is 11.3 Å². The number of phenolic OH excluding ortho intramolecular Hbond substituents is 1. The van der Waals surface area contributed by atoms with Crippen molar-refractivity contribution in [2.24, 2.45) is 0 Å². The molecule has 0 saturated heterocycles. The van der Waals surface area contributed by atoms with Gasteiger partial charge in [0.05, 0.1) is 22.9 Å². The van der Waals surface area contributed by atoms with Crippen LogP contribution in [0.3, 0.4) is 0 Å². The van der Waals surface area contributed by atoms with Crippen molar-refractivity contribution in [3.05, 3.63) is 72.8 Å². The van der Waals surface area contributed by atoms with E-state index in [0.717, 1.165) is 22.3 Å². The Bertz CT molecular complexity index is 1090. The zero-order chi connectivity index (χ0) is 17.2. The van der Waals surface area contributed by atoms with E-state index < -0.39 is 0 Å². The number of hydrogen-bond donors (Lipinski definition) is 2. The van der Waals surface area contributed by atoms with E-state index in [1.807, 2.05) is 30.3 Å². The number of benzene rings is 2. The van der Waals surface area contributed by atoms with Crippen molar-refractivity contribution in [1.29, 1.82) is 5.26 Å². The molecular weight excluding hydrogens is 314 g/mol. The van der Waals surface area contributed by atoms with Gasteiger partial charge in [0.1, 0.15) is 23.8 Å². The first-order valence-electron chi connectivity index (χ1n) is 7.63. The predicted molar refractivity (Wildman–Crippen MR) is 94.8 cm³/mol. The average Bonchev–Trinajstić information content (AvgIpc) is 3.05. The first-order chi connectivity index (χ1) is 12.2. The second kappa shape index (κ2) is 5.98. The number of nitrogens with zero attached hydrogens (tertiary/aromatic N) is 4. The number of pyridine rings is 1. The van der Waals surface area contributed by atoms with Crippen molar-refractivity contribution in [2.75, 3.05) is 5.43 Å². The summed E-state index contributed by atoms with van der Waals surface area (Å²) in [6.07, 6.45) is 3.31. The molecule has 0 amide bonds. The standard InChI is InChI=1S/C19H13N5O/c20-10-18-16(13-5-7-15(25)8-6-13)9-14(11-21-18)23-24-12-22-17-3-1-2-4-19(17)24/h1-9,11-12,23,25H. The van der Waals surface area contributed by atoms with E-state index in [-0.39, 0.29) is 5.75 Å². The van der Waals surface area contributed by atoms with Crippen LogP contribution < -0.4 is 5.43 Å². The molecule has 2 aromatic heterocycles. The van der Waals surface area contributed by atoms with Gasteiger partial charge in [0.15, 0.2) is 0 Å². The lowest BCUT2D eigenvalue weighted by atomic mass is 10.0. The van der Waals surface area contributed by atoms with Gasteiger partial charge in [-0.3, -0.25) is 5.43 Å². The summed E-state index contributed by atoms with van der Waals surface area (Å²) in [6.45, 7) is 0. The van der Waals surface area contributed by atoms with Crippen LogP contribution in [0.25, 0.3) is 22.2 Å². The number of anilines is 1. The lowest BCUT2D eigenvalue weighted by Gasteiger charge is -2.11. The highest BCUT2D eigenvalue weighted by molar-refractivity contribution is 5.77. The predicted octanol–water partition coefficient (Wildman–Crippen LogP) is 3.55. The van der Waals surface area contributed by atoms with E-state index in [1.54, 1.807) is 41.5 Å². The SMILES string of the molecule is N#Cc1ncc(Nn2cnc3ccccc32)cc1-c1ccc(O)cc1.